The number of benzene rings is 1. The smallest absolute Gasteiger partial charge is 0.371 e. The van der Waals surface area contributed by atoms with Crippen LogP contribution in [0.1, 0.15) is 39.1 Å². The van der Waals surface area contributed by atoms with E-state index in [1.165, 1.54) is 13.8 Å². The predicted octanol–water partition coefficient (Wildman–Crippen LogP) is 2.63. The van der Waals surface area contributed by atoms with Gasteiger partial charge in [-0.1, -0.05) is 16.4 Å². The molecule has 2 aromatic rings. The van der Waals surface area contributed by atoms with Crippen molar-refractivity contribution in [3.63, 3.8) is 0 Å². The van der Waals surface area contributed by atoms with Gasteiger partial charge in [-0.25, -0.2) is 18.4 Å². The summed E-state index contributed by atoms with van der Waals surface area (Å²) in [5, 5.41) is 7.02. The first-order valence-electron chi connectivity index (χ1n) is 6.61. The first-order chi connectivity index (χ1) is 11.4. The number of ether oxygens (including phenoxy) is 1. The van der Waals surface area contributed by atoms with E-state index < -0.39 is 29.1 Å². The molecule has 7 nitrogen and oxygen atoms in total. The number of oxime groups is 1. The van der Waals surface area contributed by atoms with Crippen LogP contribution in [0.4, 0.5) is 8.78 Å². The molecule has 0 fully saturated rings. The van der Waals surface area contributed by atoms with Crippen molar-refractivity contribution >= 4 is 17.7 Å². The van der Waals surface area contributed by atoms with Crippen LogP contribution in [0.2, 0.25) is 0 Å². The fraction of sp³-hybridized carbons (Fsp3) is 0.200. The molecule has 1 heterocycles. The molecule has 126 valence electrons. The summed E-state index contributed by atoms with van der Waals surface area (Å²) in [5.41, 5.74) is -0.837. The van der Waals surface area contributed by atoms with Crippen LogP contribution in [0.5, 0.6) is 0 Å². The van der Waals surface area contributed by atoms with Crippen molar-refractivity contribution in [1.82, 2.24) is 5.16 Å². The van der Waals surface area contributed by atoms with Crippen molar-refractivity contribution in [2.75, 3.05) is 7.11 Å². The largest absolute Gasteiger partial charge is 0.464 e. The van der Waals surface area contributed by atoms with Crippen LogP contribution >= 0.6 is 0 Å². The molecule has 1 aromatic carbocycles. The average Bonchev–Trinajstić information content (AvgIpc) is 2.93. The first kappa shape index (κ1) is 17.3. The molecule has 2 rings (SSSR count). The van der Waals surface area contributed by atoms with Gasteiger partial charge in [0.05, 0.1) is 18.4 Å². The third-order valence-electron chi connectivity index (χ3n) is 3.04. The lowest BCUT2D eigenvalue weighted by Crippen LogP contribution is -2.11. The zero-order valence-electron chi connectivity index (χ0n) is 12.9. The quantitative estimate of drug-likeness (QED) is 0.368. The van der Waals surface area contributed by atoms with Gasteiger partial charge in [0.15, 0.2) is 0 Å². The fourth-order valence-corrected chi connectivity index (χ4v) is 1.93. The first-order valence-corrected chi connectivity index (χ1v) is 6.61. The minimum Gasteiger partial charge on any atom is -0.464 e. The predicted molar refractivity (Wildman–Crippen MR) is 76.6 cm³/mol. The van der Waals surface area contributed by atoms with Gasteiger partial charge >= 0.3 is 11.9 Å². The number of rotatable bonds is 4. The third kappa shape index (κ3) is 3.29. The molecule has 0 unspecified atom stereocenters. The molecule has 9 heteroatoms. The van der Waals surface area contributed by atoms with E-state index in [2.05, 4.69) is 19.9 Å². The van der Waals surface area contributed by atoms with Gasteiger partial charge < -0.3 is 14.1 Å². The number of hydrogen-bond donors (Lipinski definition) is 0. The van der Waals surface area contributed by atoms with Gasteiger partial charge in [-0.15, -0.1) is 0 Å². The lowest BCUT2D eigenvalue weighted by molar-refractivity contribution is 0.0505. The van der Waals surface area contributed by atoms with Crippen LogP contribution in [0, 0.1) is 18.6 Å². The third-order valence-corrected chi connectivity index (χ3v) is 3.04. The number of carbonyl (C=O) groups excluding carboxylic acids is 2. The maximum Gasteiger partial charge on any atom is 0.371 e. The van der Waals surface area contributed by atoms with Gasteiger partial charge in [0.25, 0.3) is 0 Å². The monoisotopic (exact) mass is 338 g/mol. The van der Waals surface area contributed by atoms with E-state index >= 15 is 0 Å². The summed E-state index contributed by atoms with van der Waals surface area (Å²) >= 11 is 0. The minimum absolute atomic E-state index is 0.0410. The molecule has 0 N–H and O–H groups in total. The second-order valence-electron chi connectivity index (χ2n) is 4.61. The molecule has 0 spiro atoms. The Kier molecular flexibility index (Phi) is 5.02. The molecule has 0 saturated heterocycles. The van der Waals surface area contributed by atoms with E-state index in [9.17, 15) is 18.4 Å². The van der Waals surface area contributed by atoms with Crippen molar-refractivity contribution in [2.24, 2.45) is 5.16 Å². The molecule has 0 saturated carbocycles. The Hall–Kier alpha value is -3.10. The summed E-state index contributed by atoms with van der Waals surface area (Å²) in [6.07, 6.45) is 0. The second kappa shape index (κ2) is 6.99. The van der Waals surface area contributed by atoms with Gasteiger partial charge in [-0.2, -0.15) is 0 Å². The number of nitrogens with zero attached hydrogens (tertiary/aromatic N) is 2. The van der Waals surface area contributed by atoms with Gasteiger partial charge in [0.2, 0.25) is 5.69 Å². The Balaban J connectivity index is 2.29. The Labute approximate surface area is 134 Å². The highest BCUT2D eigenvalue weighted by molar-refractivity contribution is 6.07. The van der Waals surface area contributed by atoms with Crippen LogP contribution in [0.15, 0.2) is 27.9 Å². The number of hydrogen-bond acceptors (Lipinski definition) is 7. The molecule has 24 heavy (non-hydrogen) atoms. The van der Waals surface area contributed by atoms with Crippen molar-refractivity contribution in [3.05, 3.63) is 52.4 Å². The number of aryl methyl sites for hydroxylation is 1. The zero-order valence-corrected chi connectivity index (χ0v) is 12.9. The van der Waals surface area contributed by atoms with Crippen molar-refractivity contribution in [1.29, 1.82) is 0 Å². The van der Waals surface area contributed by atoms with Crippen LogP contribution in [0.3, 0.4) is 0 Å². The zero-order chi connectivity index (χ0) is 17.9. The van der Waals surface area contributed by atoms with Gasteiger partial charge in [-0.3, -0.25) is 0 Å². The molecule has 0 amide bonds. The topological polar surface area (TPSA) is 91.0 Å². The molecule has 0 atom stereocenters. The van der Waals surface area contributed by atoms with Gasteiger partial charge in [0, 0.05) is 0 Å². The van der Waals surface area contributed by atoms with E-state index in [0.717, 1.165) is 25.3 Å². The van der Waals surface area contributed by atoms with Crippen LogP contribution in [0.25, 0.3) is 0 Å². The maximum atomic E-state index is 13.5. The molecular formula is C15H12F2N2O5. The Morgan fingerprint density at radius 2 is 1.79 bits per heavy atom. The Bertz CT molecular complexity index is 809. The Morgan fingerprint density at radius 3 is 2.38 bits per heavy atom. The summed E-state index contributed by atoms with van der Waals surface area (Å²) in [7, 11) is 1.16. The second-order valence-corrected chi connectivity index (χ2v) is 4.61. The number of halogens is 2. The summed E-state index contributed by atoms with van der Waals surface area (Å²) < 4.78 is 36.4. The molecule has 0 bridgehead atoms. The highest BCUT2D eigenvalue weighted by Gasteiger charge is 2.24. The normalized spacial score (nSPS) is 11.3. The standard InChI is InChI=1S/C15H12F2N2O5/c1-7(11-8(2)23-19-13(11)15(21)22-3)18-24-14(20)12-9(16)5-4-6-10(12)17/h4-6H,1-3H3. The van der Waals surface area contributed by atoms with E-state index in [0.29, 0.717) is 0 Å². The van der Waals surface area contributed by atoms with Gasteiger partial charge in [0.1, 0.15) is 23.0 Å². The van der Waals surface area contributed by atoms with Crippen LogP contribution in [-0.2, 0) is 9.57 Å². The van der Waals surface area contributed by atoms with Gasteiger partial charge in [-0.05, 0) is 26.0 Å². The summed E-state index contributed by atoms with van der Waals surface area (Å²) in [6.45, 7) is 2.91. The number of esters is 1. The summed E-state index contributed by atoms with van der Waals surface area (Å²) in [5.74, 6) is -4.03. The number of carbonyl (C=O) groups is 2. The summed E-state index contributed by atoms with van der Waals surface area (Å²) in [4.78, 5) is 27.9. The molecule has 0 radical (unpaired) electrons. The van der Waals surface area contributed by atoms with E-state index in [-0.39, 0.29) is 22.7 Å². The fourth-order valence-electron chi connectivity index (χ4n) is 1.93. The molecule has 0 aliphatic rings. The lowest BCUT2D eigenvalue weighted by atomic mass is 10.1. The average molecular weight is 338 g/mol. The minimum atomic E-state index is -1.32. The Morgan fingerprint density at radius 1 is 1.17 bits per heavy atom. The highest BCUT2D eigenvalue weighted by Crippen LogP contribution is 2.17. The van der Waals surface area contributed by atoms with Crippen LogP contribution in [-0.4, -0.2) is 29.9 Å². The molecule has 0 aliphatic carbocycles. The SMILES string of the molecule is COC(=O)c1noc(C)c1C(C)=NOC(=O)c1c(F)cccc1F. The highest BCUT2D eigenvalue weighted by atomic mass is 19.1. The van der Waals surface area contributed by atoms with Crippen LogP contribution < -0.4 is 0 Å². The molecule has 1 aromatic heterocycles. The number of aromatic nitrogens is 1. The van der Waals surface area contributed by atoms with E-state index in [4.69, 9.17) is 4.52 Å². The number of methoxy groups -OCH3 is 1. The van der Waals surface area contributed by atoms with Crippen molar-refractivity contribution in [2.45, 2.75) is 13.8 Å². The van der Waals surface area contributed by atoms with Crippen molar-refractivity contribution in [3.8, 4) is 0 Å². The molecular weight excluding hydrogens is 326 g/mol. The van der Waals surface area contributed by atoms with Crippen molar-refractivity contribution < 1.29 is 32.5 Å². The maximum absolute atomic E-state index is 13.5. The summed E-state index contributed by atoms with van der Waals surface area (Å²) in [6, 6.07) is 2.94. The van der Waals surface area contributed by atoms with E-state index in [1.54, 1.807) is 0 Å². The van der Waals surface area contributed by atoms with E-state index in [1.807, 2.05) is 0 Å². The molecule has 0 aliphatic heterocycles. The lowest BCUT2D eigenvalue weighted by Gasteiger charge is -2.03.